The monoisotopic (exact) mass is 201 g/mol. The number of allylic oxidation sites excluding steroid dienone is 1. The summed E-state index contributed by atoms with van der Waals surface area (Å²) < 4.78 is 2.05. The third-order valence-electron chi connectivity index (χ3n) is 2.28. The number of hydrogen-bond acceptors (Lipinski definition) is 2. The molecule has 0 bridgehead atoms. The van der Waals surface area contributed by atoms with Gasteiger partial charge in [-0.3, -0.25) is 4.40 Å². The molecule has 0 unspecified atom stereocenters. The quantitative estimate of drug-likeness (QED) is 0.608. The normalized spacial score (nSPS) is 11.3. The third kappa shape index (κ3) is 2.18. The van der Waals surface area contributed by atoms with E-state index in [1.807, 2.05) is 31.5 Å². The van der Waals surface area contributed by atoms with Crippen LogP contribution in [0.5, 0.6) is 0 Å². The molecule has 0 aliphatic carbocycles. The van der Waals surface area contributed by atoms with Crippen LogP contribution >= 0.6 is 0 Å². The number of aromatic nitrogens is 2. The van der Waals surface area contributed by atoms with Crippen LogP contribution < -0.4 is 5.32 Å². The van der Waals surface area contributed by atoms with Gasteiger partial charge in [-0.25, -0.2) is 4.98 Å². The van der Waals surface area contributed by atoms with Crippen LogP contribution in [0, 0.1) is 0 Å². The van der Waals surface area contributed by atoms with Crippen LogP contribution in [0.3, 0.4) is 0 Å². The van der Waals surface area contributed by atoms with Crippen molar-refractivity contribution in [1.29, 1.82) is 0 Å². The van der Waals surface area contributed by atoms with Gasteiger partial charge in [0.1, 0.15) is 11.5 Å². The van der Waals surface area contributed by atoms with Crippen LogP contribution in [0.1, 0.15) is 13.3 Å². The molecule has 78 valence electrons. The SMILES string of the molecule is C/C=C/CCNc1cccc2nccn12. The molecule has 2 aromatic heterocycles. The van der Waals surface area contributed by atoms with E-state index < -0.39 is 0 Å². The molecule has 3 heteroatoms. The maximum atomic E-state index is 4.23. The van der Waals surface area contributed by atoms with Crippen molar-refractivity contribution in [1.82, 2.24) is 9.38 Å². The Labute approximate surface area is 89.5 Å². The highest BCUT2D eigenvalue weighted by molar-refractivity contribution is 5.49. The number of nitrogens with one attached hydrogen (secondary N) is 1. The number of anilines is 1. The molecular formula is C12H15N3. The largest absolute Gasteiger partial charge is 0.371 e. The molecule has 1 N–H and O–H groups in total. The molecule has 2 aromatic rings. The van der Waals surface area contributed by atoms with E-state index in [0.29, 0.717) is 0 Å². The van der Waals surface area contributed by atoms with E-state index in [1.165, 1.54) is 0 Å². The average molecular weight is 201 g/mol. The highest BCUT2D eigenvalue weighted by Gasteiger charge is 1.97. The second-order valence-corrected chi connectivity index (χ2v) is 3.35. The molecule has 0 radical (unpaired) electrons. The fraction of sp³-hybridized carbons (Fsp3) is 0.250. The van der Waals surface area contributed by atoms with Crippen molar-refractivity contribution in [3.05, 3.63) is 42.7 Å². The first-order chi connectivity index (χ1) is 7.42. The van der Waals surface area contributed by atoms with Crippen LogP contribution in [0.2, 0.25) is 0 Å². The molecule has 0 spiro atoms. The maximum absolute atomic E-state index is 4.23. The first-order valence-corrected chi connectivity index (χ1v) is 5.19. The number of hydrogen-bond donors (Lipinski definition) is 1. The van der Waals surface area contributed by atoms with Crippen molar-refractivity contribution < 1.29 is 0 Å². The van der Waals surface area contributed by atoms with Crippen LogP contribution in [0.15, 0.2) is 42.7 Å². The molecule has 0 saturated heterocycles. The molecule has 0 saturated carbocycles. The van der Waals surface area contributed by atoms with Gasteiger partial charge >= 0.3 is 0 Å². The summed E-state index contributed by atoms with van der Waals surface area (Å²) >= 11 is 0. The molecule has 0 atom stereocenters. The molecule has 2 heterocycles. The minimum atomic E-state index is 0.946. The second-order valence-electron chi connectivity index (χ2n) is 3.35. The topological polar surface area (TPSA) is 29.3 Å². The van der Waals surface area contributed by atoms with Gasteiger partial charge in [0, 0.05) is 18.9 Å². The lowest BCUT2D eigenvalue weighted by atomic mass is 10.3. The van der Waals surface area contributed by atoms with Gasteiger partial charge in [-0.15, -0.1) is 0 Å². The summed E-state index contributed by atoms with van der Waals surface area (Å²) in [6, 6.07) is 6.07. The Balaban J connectivity index is 2.10. The number of pyridine rings is 1. The summed E-state index contributed by atoms with van der Waals surface area (Å²) in [7, 11) is 0. The van der Waals surface area contributed by atoms with E-state index in [0.717, 1.165) is 24.4 Å². The molecule has 0 aromatic carbocycles. The molecule has 0 amide bonds. The maximum Gasteiger partial charge on any atom is 0.138 e. The first-order valence-electron chi connectivity index (χ1n) is 5.19. The summed E-state index contributed by atoms with van der Waals surface area (Å²) in [6.45, 7) is 2.98. The third-order valence-corrected chi connectivity index (χ3v) is 2.28. The molecule has 0 fully saturated rings. The molecule has 2 rings (SSSR count). The van der Waals surface area contributed by atoms with Gasteiger partial charge in [0.2, 0.25) is 0 Å². The minimum absolute atomic E-state index is 0.946. The zero-order valence-electron chi connectivity index (χ0n) is 8.85. The van der Waals surface area contributed by atoms with Gasteiger partial charge in [0.05, 0.1) is 0 Å². The summed E-state index contributed by atoms with van der Waals surface area (Å²) in [5, 5.41) is 3.38. The number of imidazole rings is 1. The lowest BCUT2D eigenvalue weighted by molar-refractivity contribution is 1.03. The standard InChI is InChI=1S/C12H15N3/c1-2-3-4-8-13-11-6-5-7-12-14-9-10-15(11)12/h2-3,5-7,9-10,13H,4,8H2,1H3/b3-2+. The number of fused-ring (bicyclic) bond motifs is 1. The van der Waals surface area contributed by atoms with E-state index in [-0.39, 0.29) is 0 Å². The summed E-state index contributed by atoms with van der Waals surface area (Å²) in [4.78, 5) is 4.23. The lowest BCUT2D eigenvalue weighted by Crippen LogP contribution is -2.04. The van der Waals surface area contributed by atoms with E-state index >= 15 is 0 Å². The van der Waals surface area contributed by atoms with Crippen molar-refractivity contribution in [3.63, 3.8) is 0 Å². The Hall–Kier alpha value is -1.77. The van der Waals surface area contributed by atoms with Crippen molar-refractivity contribution in [2.24, 2.45) is 0 Å². The lowest BCUT2D eigenvalue weighted by Gasteiger charge is -2.07. The van der Waals surface area contributed by atoms with Crippen molar-refractivity contribution in [2.75, 3.05) is 11.9 Å². The molecule has 3 nitrogen and oxygen atoms in total. The van der Waals surface area contributed by atoms with Gasteiger partial charge in [-0.2, -0.15) is 0 Å². The van der Waals surface area contributed by atoms with E-state index in [1.54, 1.807) is 0 Å². The number of rotatable bonds is 4. The van der Waals surface area contributed by atoms with Crippen molar-refractivity contribution in [3.8, 4) is 0 Å². The van der Waals surface area contributed by atoms with Gasteiger partial charge < -0.3 is 5.32 Å². The molecule has 0 aliphatic rings. The van der Waals surface area contributed by atoms with Crippen LogP contribution in [0.25, 0.3) is 5.65 Å². The summed E-state index contributed by atoms with van der Waals surface area (Å²) in [6.07, 6.45) is 9.04. The highest BCUT2D eigenvalue weighted by atomic mass is 15.1. The van der Waals surface area contributed by atoms with Crippen LogP contribution in [-0.2, 0) is 0 Å². The fourth-order valence-corrected chi connectivity index (χ4v) is 1.54. The smallest absolute Gasteiger partial charge is 0.138 e. The van der Waals surface area contributed by atoms with E-state index in [4.69, 9.17) is 0 Å². The molecule has 0 aliphatic heterocycles. The van der Waals surface area contributed by atoms with Gasteiger partial charge in [0.15, 0.2) is 0 Å². The Kier molecular flexibility index (Phi) is 3.02. The molecular weight excluding hydrogens is 186 g/mol. The van der Waals surface area contributed by atoms with Gasteiger partial charge in [-0.05, 0) is 25.5 Å². The highest BCUT2D eigenvalue weighted by Crippen LogP contribution is 2.10. The number of nitrogens with zero attached hydrogens (tertiary/aromatic N) is 2. The van der Waals surface area contributed by atoms with Gasteiger partial charge in [0.25, 0.3) is 0 Å². The van der Waals surface area contributed by atoms with Crippen molar-refractivity contribution >= 4 is 11.5 Å². The summed E-state index contributed by atoms with van der Waals surface area (Å²) in [5.41, 5.74) is 0.978. The Bertz CT molecular complexity index is 457. The predicted octanol–water partition coefficient (Wildman–Crippen LogP) is 2.71. The average Bonchev–Trinajstić information content (AvgIpc) is 2.73. The zero-order chi connectivity index (χ0) is 10.5. The van der Waals surface area contributed by atoms with E-state index in [2.05, 4.69) is 32.9 Å². The fourth-order valence-electron chi connectivity index (χ4n) is 1.54. The van der Waals surface area contributed by atoms with Crippen LogP contribution in [-0.4, -0.2) is 15.9 Å². The van der Waals surface area contributed by atoms with Gasteiger partial charge in [-0.1, -0.05) is 18.2 Å². The minimum Gasteiger partial charge on any atom is -0.371 e. The summed E-state index contributed by atoms with van der Waals surface area (Å²) in [5.74, 6) is 1.09. The second kappa shape index (κ2) is 4.64. The Morgan fingerprint density at radius 1 is 1.47 bits per heavy atom. The Morgan fingerprint density at radius 3 is 3.27 bits per heavy atom. The van der Waals surface area contributed by atoms with E-state index in [9.17, 15) is 0 Å². The van der Waals surface area contributed by atoms with Crippen molar-refractivity contribution in [2.45, 2.75) is 13.3 Å². The Morgan fingerprint density at radius 2 is 2.40 bits per heavy atom. The first kappa shape index (κ1) is 9.77. The predicted molar refractivity (Wildman–Crippen MR) is 63.1 cm³/mol. The van der Waals surface area contributed by atoms with Crippen LogP contribution in [0.4, 0.5) is 5.82 Å². The molecule has 15 heavy (non-hydrogen) atoms. The zero-order valence-corrected chi connectivity index (χ0v) is 8.85.